The van der Waals surface area contributed by atoms with Crippen molar-refractivity contribution in [2.24, 2.45) is 5.92 Å². The third-order valence-electron chi connectivity index (χ3n) is 11.6. The molecule has 0 amide bonds. The number of hydrogen-bond donors (Lipinski definition) is 2. The smallest absolute Gasteiger partial charge is 0.204 e. The molecule has 3 fully saturated rings. The Balaban J connectivity index is 1.15. The molecule has 2 N–H and O–H groups in total. The highest BCUT2D eigenvalue weighted by atomic mass is 31.2. The zero-order valence-corrected chi connectivity index (χ0v) is 32.2. The monoisotopic (exact) mass is 722 g/mol. The van der Waals surface area contributed by atoms with Crippen molar-refractivity contribution in [1.29, 1.82) is 0 Å². The molecular weight excluding hydrogens is 666 g/mol. The average Bonchev–Trinajstić information content (AvgIpc) is 3.89. The van der Waals surface area contributed by atoms with E-state index < -0.39 is 14.6 Å². The largest absolute Gasteiger partial charge is 0.302 e. The Morgan fingerprint density at radius 3 is 1.71 bits per heavy atom. The second-order valence-corrected chi connectivity index (χ2v) is 20.3. The first-order chi connectivity index (χ1) is 24.8. The fourth-order valence-corrected chi connectivity index (χ4v) is 13.9. The van der Waals surface area contributed by atoms with Gasteiger partial charge >= 0.3 is 0 Å². The third-order valence-corrected chi connectivity index (χ3v) is 17.1. The standard InChI is InChI=1S/C43H56N4O2P2/c1-34(2)41(33-46-30-14-15-31-46)45-51(49,38-21-10-5-11-22-38)39-28-26-35(27-29-39)42-25-16-32-47(42)43-24-13-12-23-40(43)44-50(48,36-17-6-3-7-18-36)37-19-8-4-9-20-37/h3-11,17-22,26-29,34,40-43H,12-16,23-25,30-33H2,1-2H3,(H,44,48)(H,45,49)/t40-,41-,42?,43-,51?/m0/s1. The fourth-order valence-electron chi connectivity index (χ4n) is 8.73. The Bertz CT molecular complexity index is 1740. The highest BCUT2D eigenvalue weighted by molar-refractivity contribution is 7.77. The van der Waals surface area contributed by atoms with Gasteiger partial charge in [-0.3, -0.25) is 24.2 Å². The predicted octanol–water partition coefficient (Wildman–Crippen LogP) is 7.59. The molecule has 8 heteroatoms. The molecule has 0 aromatic heterocycles. The van der Waals surface area contributed by atoms with Gasteiger partial charge in [-0.25, -0.2) is 0 Å². The second-order valence-electron chi connectivity index (χ2n) is 15.3. The van der Waals surface area contributed by atoms with Crippen molar-refractivity contribution in [2.75, 3.05) is 26.2 Å². The first-order valence-electron chi connectivity index (χ1n) is 19.4. The molecule has 1 aliphatic carbocycles. The molecule has 1 saturated carbocycles. The van der Waals surface area contributed by atoms with E-state index in [4.69, 9.17) is 0 Å². The van der Waals surface area contributed by atoms with E-state index in [0.29, 0.717) is 12.0 Å². The molecule has 7 rings (SSSR count). The van der Waals surface area contributed by atoms with E-state index in [1.807, 2.05) is 91.0 Å². The summed E-state index contributed by atoms with van der Waals surface area (Å²) in [5.74, 6) is 0.352. The predicted molar refractivity (Wildman–Crippen MR) is 215 cm³/mol. The van der Waals surface area contributed by atoms with Gasteiger partial charge in [-0.15, -0.1) is 0 Å². The van der Waals surface area contributed by atoms with Gasteiger partial charge in [-0.2, -0.15) is 0 Å². The van der Waals surface area contributed by atoms with Crippen LogP contribution in [0.5, 0.6) is 0 Å². The maximum atomic E-state index is 15.3. The SMILES string of the molecule is CC(C)[C@H](CN1CCCC1)NP(=O)(c1ccccc1)c1ccc(C2CCCN2[C@H]2CCCC[C@@H]2NP(=O)(c2ccccc2)c2ccccc2)cc1. The number of hydrogen-bond acceptors (Lipinski definition) is 4. The second kappa shape index (κ2) is 16.5. The van der Waals surface area contributed by atoms with Crippen molar-refractivity contribution in [3.05, 3.63) is 121 Å². The van der Waals surface area contributed by atoms with Crippen molar-refractivity contribution < 1.29 is 9.13 Å². The zero-order chi connectivity index (χ0) is 35.3. The van der Waals surface area contributed by atoms with Crippen LogP contribution in [-0.4, -0.2) is 54.1 Å². The summed E-state index contributed by atoms with van der Waals surface area (Å²) >= 11 is 0. The molecule has 0 spiro atoms. The average molecular weight is 723 g/mol. The zero-order valence-electron chi connectivity index (χ0n) is 30.4. The minimum Gasteiger partial charge on any atom is -0.302 e. The van der Waals surface area contributed by atoms with Gasteiger partial charge in [0.1, 0.15) is 0 Å². The van der Waals surface area contributed by atoms with Crippen LogP contribution in [0.3, 0.4) is 0 Å². The molecule has 2 unspecified atom stereocenters. The molecule has 2 aliphatic heterocycles. The van der Waals surface area contributed by atoms with E-state index >= 15 is 9.13 Å². The van der Waals surface area contributed by atoms with E-state index in [-0.39, 0.29) is 18.1 Å². The minimum absolute atomic E-state index is 0.121. The van der Waals surface area contributed by atoms with Crippen LogP contribution in [0.2, 0.25) is 0 Å². The molecule has 2 saturated heterocycles. The number of nitrogens with one attached hydrogen (secondary N) is 2. The van der Waals surface area contributed by atoms with Gasteiger partial charge < -0.3 is 4.90 Å². The molecule has 4 aromatic carbocycles. The Morgan fingerprint density at radius 2 is 1.14 bits per heavy atom. The lowest BCUT2D eigenvalue weighted by molar-refractivity contribution is 0.118. The van der Waals surface area contributed by atoms with Gasteiger partial charge in [0.15, 0.2) is 0 Å². The highest BCUT2D eigenvalue weighted by Gasteiger charge is 2.41. The summed E-state index contributed by atoms with van der Waals surface area (Å²) in [6.45, 7) is 8.69. The van der Waals surface area contributed by atoms with Crippen molar-refractivity contribution in [3.8, 4) is 0 Å². The number of rotatable bonds is 13. The Morgan fingerprint density at radius 1 is 0.608 bits per heavy atom. The Labute approximate surface area is 306 Å². The summed E-state index contributed by atoms with van der Waals surface area (Å²) in [6, 6.07) is 39.6. The topological polar surface area (TPSA) is 64.7 Å². The van der Waals surface area contributed by atoms with E-state index in [9.17, 15) is 0 Å². The van der Waals surface area contributed by atoms with Crippen LogP contribution >= 0.6 is 14.6 Å². The lowest BCUT2D eigenvalue weighted by Crippen LogP contribution is -2.52. The molecule has 3 aliphatic rings. The van der Waals surface area contributed by atoms with Crippen molar-refractivity contribution in [2.45, 2.75) is 89.4 Å². The van der Waals surface area contributed by atoms with Crippen molar-refractivity contribution in [1.82, 2.24) is 20.0 Å². The fraction of sp³-hybridized carbons (Fsp3) is 0.442. The summed E-state index contributed by atoms with van der Waals surface area (Å²) in [4.78, 5) is 5.22. The molecular formula is C43H56N4O2P2. The quantitative estimate of drug-likeness (QED) is 0.139. The summed E-state index contributed by atoms with van der Waals surface area (Å²) in [5, 5.41) is 11.1. The normalized spacial score (nSPS) is 23.7. The molecule has 0 bridgehead atoms. The molecule has 2 heterocycles. The van der Waals surface area contributed by atoms with E-state index in [2.05, 4.69) is 58.1 Å². The number of likely N-dealkylation sites (tertiary alicyclic amines) is 2. The van der Waals surface area contributed by atoms with E-state index in [1.165, 1.54) is 24.8 Å². The van der Waals surface area contributed by atoms with Crippen LogP contribution in [0.4, 0.5) is 0 Å². The first kappa shape index (κ1) is 36.5. The van der Waals surface area contributed by atoms with Gasteiger partial charge in [-0.05, 0) is 118 Å². The third kappa shape index (κ3) is 8.08. The lowest BCUT2D eigenvalue weighted by Gasteiger charge is -2.43. The van der Waals surface area contributed by atoms with Crippen LogP contribution in [-0.2, 0) is 9.13 Å². The summed E-state index contributed by atoms with van der Waals surface area (Å²) in [5.41, 5.74) is 1.28. The van der Waals surface area contributed by atoms with Crippen LogP contribution < -0.4 is 31.4 Å². The van der Waals surface area contributed by atoms with Gasteiger partial charge in [-0.1, -0.05) is 93.4 Å². The molecule has 5 atom stereocenters. The molecule has 4 aromatic rings. The van der Waals surface area contributed by atoms with Crippen LogP contribution in [0.15, 0.2) is 115 Å². The van der Waals surface area contributed by atoms with Crippen molar-refractivity contribution >= 4 is 35.8 Å². The van der Waals surface area contributed by atoms with Crippen LogP contribution in [0, 0.1) is 5.92 Å². The minimum atomic E-state index is -3.11. The van der Waals surface area contributed by atoms with Gasteiger partial charge in [0.25, 0.3) is 0 Å². The molecule has 51 heavy (non-hydrogen) atoms. The first-order valence-corrected chi connectivity index (χ1v) is 22.8. The van der Waals surface area contributed by atoms with E-state index in [0.717, 1.165) is 79.5 Å². The summed E-state index contributed by atoms with van der Waals surface area (Å²) < 4.78 is 30.4. The van der Waals surface area contributed by atoms with Crippen molar-refractivity contribution in [3.63, 3.8) is 0 Å². The maximum absolute atomic E-state index is 15.3. The van der Waals surface area contributed by atoms with Gasteiger partial charge in [0, 0.05) is 51.9 Å². The summed E-state index contributed by atoms with van der Waals surface area (Å²) in [6.07, 6.45) is 9.16. The molecule has 270 valence electrons. The Kier molecular flexibility index (Phi) is 11.8. The highest BCUT2D eigenvalue weighted by Crippen LogP contribution is 2.45. The Hall–Kier alpha value is -2.82. The number of nitrogens with zero attached hydrogens (tertiary/aromatic N) is 2. The van der Waals surface area contributed by atoms with Crippen LogP contribution in [0.1, 0.15) is 76.8 Å². The lowest BCUT2D eigenvalue weighted by atomic mass is 9.88. The molecule has 0 radical (unpaired) electrons. The van der Waals surface area contributed by atoms with Gasteiger partial charge in [0.2, 0.25) is 14.6 Å². The maximum Gasteiger partial charge on any atom is 0.204 e. The van der Waals surface area contributed by atoms with E-state index in [1.54, 1.807) is 0 Å². The van der Waals surface area contributed by atoms with Gasteiger partial charge in [0.05, 0.1) is 0 Å². The molecule has 6 nitrogen and oxygen atoms in total. The summed E-state index contributed by atoms with van der Waals surface area (Å²) in [7, 11) is -6.17. The van der Waals surface area contributed by atoms with Crippen LogP contribution in [0.25, 0.3) is 0 Å². The number of benzene rings is 4.